The Labute approximate surface area is 112 Å². The zero-order valence-corrected chi connectivity index (χ0v) is 13.1. The molecule has 0 aromatic heterocycles. The van der Waals surface area contributed by atoms with Gasteiger partial charge >= 0.3 is 0 Å². The molecule has 0 aliphatic carbocycles. The summed E-state index contributed by atoms with van der Waals surface area (Å²) >= 11 is 0. The SMILES string of the molecule is C=CC(C)C1=C(CCC)[Si](C)(C)c2ccccc21. The van der Waals surface area contributed by atoms with Crippen molar-refractivity contribution in [3.05, 3.63) is 47.7 Å². The molecule has 1 unspecified atom stereocenters. The van der Waals surface area contributed by atoms with E-state index in [4.69, 9.17) is 0 Å². The van der Waals surface area contributed by atoms with Crippen LogP contribution in [-0.2, 0) is 0 Å². The normalized spacial score (nSPS) is 18.7. The molecule has 1 aromatic rings. The summed E-state index contributed by atoms with van der Waals surface area (Å²) in [5.74, 6) is 0.474. The Morgan fingerprint density at radius 3 is 2.56 bits per heavy atom. The summed E-state index contributed by atoms with van der Waals surface area (Å²) in [4.78, 5) is 0. The van der Waals surface area contributed by atoms with E-state index in [0.717, 1.165) is 0 Å². The van der Waals surface area contributed by atoms with E-state index in [9.17, 15) is 0 Å². The van der Waals surface area contributed by atoms with Crippen molar-refractivity contribution >= 4 is 18.8 Å². The molecule has 1 aliphatic heterocycles. The molecule has 0 bridgehead atoms. The molecule has 0 fully saturated rings. The number of allylic oxidation sites excluding steroid dienone is 3. The summed E-state index contributed by atoms with van der Waals surface area (Å²) in [5, 5.41) is 3.37. The molecular weight excluding hydrogens is 232 g/mol. The van der Waals surface area contributed by atoms with Crippen LogP contribution in [0.25, 0.3) is 5.57 Å². The van der Waals surface area contributed by atoms with Gasteiger partial charge in [0.15, 0.2) is 0 Å². The van der Waals surface area contributed by atoms with E-state index in [1.54, 1.807) is 16.0 Å². The van der Waals surface area contributed by atoms with Crippen molar-refractivity contribution in [2.24, 2.45) is 5.92 Å². The standard InChI is InChI=1S/C17H24Si/c1-6-10-16-17(13(3)7-2)14-11-8-9-12-15(14)18(16,4)5/h7-9,11-13H,2,6,10H2,1,3-5H3. The van der Waals surface area contributed by atoms with Gasteiger partial charge in [-0.15, -0.1) is 6.58 Å². The molecule has 96 valence electrons. The summed E-state index contributed by atoms with van der Waals surface area (Å²) in [6, 6.07) is 9.02. The number of hydrogen-bond acceptors (Lipinski definition) is 0. The van der Waals surface area contributed by atoms with Gasteiger partial charge in [0, 0.05) is 0 Å². The lowest BCUT2D eigenvalue weighted by atomic mass is 9.93. The van der Waals surface area contributed by atoms with Gasteiger partial charge in [-0.3, -0.25) is 0 Å². The molecule has 1 atom stereocenters. The van der Waals surface area contributed by atoms with E-state index in [1.807, 2.05) is 0 Å². The fourth-order valence-corrected chi connectivity index (χ4v) is 6.90. The second-order valence-corrected chi connectivity index (χ2v) is 10.2. The van der Waals surface area contributed by atoms with Gasteiger partial charge in [-0.2, -0.15) is 0 Å². The molecule has 0 saturated carbocycles. The van der Waals surface area contributed by atoms with Gasteiger partial charge in [0.2, 0.25) is 0 Å². The van der Waals surface area contributed by atoms with Crippen molar-refractivity contribution in [3.8, 4) is 0 Å². The lowest BCUT2D eigenvalue weighted by molar-refractivity contribution is 0.909. The van der Waals surface area contributed by atoms with Gasteiger partial charge in [-0.25, -0.2) is 0 Å². The maximum Gasteiger partial charge on any atom is 0.108 e. The third-order valence-corrected chi connectivity index (χ3v) is 8.09. The Hall–Kier alpha value is -1.08. The van der Waals surface area contributed by atoms with Crippen LogP contribution in [0.3, 0.4) is 0 Å². The Bertz CT molecular complexity index is 494. The molecule has 0 amide bonds. The molecule has 0 radical (unpaired) electrons. The van der Waals surface area contributed by atoms with Crippen LogP contribution in [0.2, 0.25) is 13.1 Å². The van der Waals surface area contributed by atoms with Crippen LogP contribution in [0.15, 0.2) is 42.1 Å². The van der Waals surface area contributed by atoms with Crippen LogP contribution >= 0.6 is 0 Å². The van der Waals surface area contributed by atoms with Crippen molar-refractivity contribution in [1.29, 1.82) is 0 Å². The zero-order valence-electron chi connectivity index (χ0n) is 12.1. The highest BCUT2D eigenvalue weighted by Crippen LogP contribution is 2.40. The first-order valence-corrected chi connectivity index (χ1v) is 10.00. The van der Waals surface area contributed by atoms with Crippen LogP contribution in [-0.4, -0.2) is 8.07 Å². The Kier molecular flexibility index (Phi) is 3.63. The minimum Gasteiger partial charge on any atom is -0.102 e. The molecule has 1 heterocycles. The zero-order chi connectivity index (χ0) is 13.3. The summed E-state index contributed by atoms with van der Waals surface area (Å²) in [6.07, 6.45) is 4.59. The topological polar surface area (TPSA) is 0 Å². The molecule has 18 heavy (non-hydrogen) atoms. The van der Waals surface area contributed by atoms with Crippen molar-refractivity contribution < 1.29 is 0 Å². The quantitative estimate of drug-likeness (QED) is 0.548. The Balaban J connectivity index is 2.66. The molecular formula is C17H24Si. The van der Waals surface area contributed by atoms with Gasteiger partial charge in [0.25, 0.3) is 0 Å². The highest BCUT2D eigenvalue weighted by Gasteiger charge is 2.39. The summed E-state index contributed by atoms with van der Waals surface area (Å²) in [7, 11) is -1.42. The van der Waals surface area contributed by atoms with E-state index >= 15 is 0 Å². The molecule has 0 spiro atoms. The first-order valence-electron chi connectivity index (χ1n) is 7.00. The van der Waals surface area contributed by atoms with Crippen LogP contribution in [0, 0.1) is 5.92 Å². The Morgan fingerprint density at radius 1 is 1.28 bits per heavy atom. The highest BCUT2D eigenvalue weighted by atomic mass is 28.3. The third kappa shape index (κ3) is 1.91. The largest absolute Gasteiger partial charge is 0.108 e. The van der Waals surface area contributed by atoms with E-state index in [0.29, 0.717) is 5.92 Å². The van der Waals surface area contributed by atoms with Gasteiger partial charge in [-0.1, -0.05) is 68.9 Å². The van der Waals surface area contributed by atoms with E-state index in [2.05, 4.69) is 63.9 Å². The minimum absolute atomic E-state index is 0.474. The lowest BCUT2D eigenvalue weighted by Gasteiger charge is -2.22. The lowest BCUT2D eigenvalue weighted by Crippen LogP contribution is -2.41. The van der Waals surface area contributed by atoms with E-state index in [1.165, 1.54) is 18.4 Å². The molecule has 2 rings (SSSR count). The molecule has 0 nitrogen and oxygen atoms in total. The molecule has 1 aliphatic rings. The second-order valence-electron chi connectivity index (χ2n) is 5.84. The third-order valence-electron chi connectivity index (χ3n) is 4.28. The summed E-state index contributed by atoms with van der Waals surface area (Å²) in [5.41, 5.74) is 3.09. The van der Waals surface area contributed by atoms with Crippen LogP contribution in [0.4, 0.5) is 0 Å². The number of fused-ring (bicyclic) bond motifs is 1. The Morgan fingerprint density at radius 2 is 1.94 bits per heavy atom. The average molecular weight is 256 g/mol. The average Bonchev–Trinajstić information content (AvgIpc) is 2.59. The van der Waals surface area contributed by atoms with Crippen molar-refractivity contribution in [1.82, 2.24) is 0 Å². The smallest absolute Gasteiger partial charge is 0.102 e. The van der Waals surface area contributed by atoms with Crippen molar-refractivity contribution in [2.45, 2.75) is 39.8 Å². The van der Waals surface area contributed by atoms with Gasteiger partial charge < -0.3 is 0 Å². The minimum atomic E-state index is -1.42. The van der Waals surface area contributed by atoms with Gasteiger partial charge in [0.1, 0.15) is 8.07 Å². The van der Waals surface area contributed by atoms with Gasteiger partial charge in [0.05, 0.1) is 0 Å². The summed E-state index contributed by atoms with van der Waals surface area (Å²) in [6.45, 7) is 13.6. The number of benzene rings is 1. The van der Waals surface area contributed by atoms with Crippen LogP contribution in [0.1, 0.15) is 32.3 Å². The van der Waals surface area contributed by atoms with E-state index in [-0.39, 0.29) is 0 Å². The maximum absolute atomic E-state index is 4.00. The summed E-state index contributed by atoms with van der Waals surface area (Å²) < 4.78 is 0. The van der Waals surface area contributed by atoms with Crippen molar-refractivity contribution in [3.63, 3.8) is 0 Å². The van der Waals surface area contributed by atoms with Crippen LogP contribution in [0.5, 0.6) is 0 Å². The van der Waals surface area contributed by atoms with Crippen molar-refractivity contribution in [2.75, 3.05) is 0 Å². The number of hydrogen-bond donors (Lipinski definition) is 0. The highest BCUT2D eigenvalue weighted by molar-refractivity contribution is 6.98. The number of rotatable bonds is 4. The molecule has 1 heteroatoms. The van der Waals surface area contributed by atoms with Crippen LogP contribution < -0.4 is 5.19 Å². The maximum atomic E-state index is 4.00. The molecule has 1 aromatic carbocycles. The fourth-order valence-electron chi connectivity index (χ4n) is 3.26. The van der Waals surface area contributed by atoms with E-state index < -0.39 is 8.07 Å². The monoisotopic (exact) mass is 256 g/mol. The fraction of sp³-hybridized carbons (Fsp3) is 0.412. The first kappa shape index (κ1) is 13.4. The first-order chi connectivity index (χ1) is 8.54. The second kappa shape index (κ2) is 4.89. The molecule has 0 saturated heterocycles. The predicted octanol–water partition coefficient (Wildman–Crippen LogP) is 4.53. The predicted molar refractivity (Wildman–Crippen MR) is 84.7 cm³/mol. The molecule has 0 N–H and O–H groups in total. The van der Waals surface area contributed by atoms with Gasteiger partial charge in [-0.05, 0) is 28.7 Å².